The van der Waals surface area contributed by atoms with E-state index in [1.54, 1.807) is 11.0 Å². The van der Waals surface area contributed by atoms with Crippen LogP contribution in [0, 0.1) is 5.92 Å². The summed E-state index contributed by atoms with van der Waals surface area (Å²) in [6, 6.07) is 8.11. The highest BCUT2D eigenvalue weighted by Crippen LogP contribution is 2.24. The molecule has 0 spiro atoms. The number of amides is 1. The molecule has 130 valence electrons. The molecule has 1 aliphatic rings. The van der Waals surface area contributed by atoms with E-state index in [9.17, 15) is 4.79 Å². The van der Waals surface area contributed by atoms with Gasteiger partial charge in [-0.1, -0.05) is 18.6 Å². The fourth-order valence-electron chi connectivity index (χ4n) is 3.14. The molecule has 7 heteroatoms. The van der Waals surface area contributed by atoms with Crippen LogP contribution in [0.2, 0.25) is 0 Å². The molecule has 3 rings (SSSR count). The van der Waals surface area contributed by atoms with Crippen LogP contribution in [0.4, 0.5) is 0 Å². The molecular weight excluding hydrogens is 326 g/mol. The summed E-state index contributed by atoms with van der Waals surface area (Å²) < 4.78 is 1.70. The Kier molecular flexibility index (Phi) is 6.34. The summed E-state index contributed by atoms with van der Waals surface area (Å²) in [5, 5.41) is 7.21. The average Bonchev–Trinajstić information content (AvgIpc) is 3.09. The van der Waals surface area contributed by atoms with Gasteiger partial charge in [0.1, 0.15) is 12.7 Å². The van der Waals surface area contributed by atoms with Crippen LogP contribution in [0.15, 0.2) is 36.9 Å². The number of nitrogens with one attached hydrogen (secondary N) is 1. The van der Waals surface area contributed by atoms with Crippen molar-refractivity contribution in [3.63, 3.8) is 0 Å². The highest BCUT2D eigenvalue weighted by atomic mass is 35.5. The Balaban J connectivity index is 0.00000208. The molecular formula is C17H24ClN5O. The van der Waals surface area contributed by atoms with Gasteiger partial charge in [-0.25, -0.2) is 9.67 Å². The van der Waals surface area contributed by atoms with Gasteiger partial charge >= 0.3 is 0 Å². The number of nitrogens with zero attached hydrogens (tertiary/aromatic N) is 3. The third-order valence-corrected chi connectivity index (χ3v) is 4.52. The second-order valence-corrected chi connectivity index (χ2v) is 6.29. The van der Waals surface area contributed by atoms with Gasteiger partial charge in [0, 0.05) is 12.0 Å². The first-order valence-electron chi connectivity index (χ1n) is 8.14. The van der Waals surface area contributed by atoms with Crippen molar-refractivity contribution in [3.05, 3.63) is 42.5 Å². The van der Waals surface area contributed by atoms with E-state index in [1.165, 1.54) is 6.33 Å². The van der Waals surface area contributed by atoms with Crippen LogP contribution in [-0.4, -0.2) is 26.7 Å². The van der Waals surface area contributed by atoms with Crippen molar-refractivity contribution in [1.29, 1.82) is 0 Å². The molecule has 3 unspecified atom stereocenters. The monoisotopic (exact) mass is 349 g/mol. The maximum atomic E-state index is 12.4. The number of carbonyl (C=O) groups excluding carboxylic acids is 1. The van der Waals surface area contributed by atoms with Crippen molar-refractivity contribution in [2.75, 3.05) is 0 Å². The second-order valence-electron chi connectivity index (χ2n) is 6.29. The predicted molar refractivity (Wildman–Crippen MR) is 95.1 cm³/mol. The predicted octanol–water partition coefficient (Wildman–Crippen LogP) is 2.38. The number of aromatic nitrogens is 3. The molecule has 0 aliphatic heterocycles. The molecule has 3 atom stereocenters. The minimum atomic E-state index is -0.0227. The van der Waals surface area contributed by atoms with Crippen molar-refractivity contribution in [2.24, 2.45) is 11.7 Å². The molecule has 3 N–H and O–H groups in total. The summed E-state index contributed by atoms with van der Waals surface area (Å²) in [6.45, 7) is 2.01. The van der Waals surface area contributed by atoms with E-state index in [2.05, 4.69) is 15.4 Å². The zero-order valence-electron chi connectivity index (χ0n) is 13.8. The lowest BCUT2D eigenvalue weighted by Gasteiger charge is -2.27. The average molecular weight is 350 g/mol. The Morgan fingerprint density at radius 3 is 2.71 bits per heavy atom. The van der Waals surface area contributed by atoms with Gasteiger partial charge in [0.15, 0.2) is 0 Å². The molecule has 1 amide bonds. The minimum Gasteiger partial charge on any atom is -0.349 e. The molecule has 1 aromatic carbocycles. The van der Waals surface area contributed by atoms with Gasteiger partial charge in [-0.3, -0.25) is 4.79 Å². The van der Waals surface area contributed by atoms with Gasteiger partial charge in [0.25, 0.3) is 0 Å². The second kappa shape index (κ2) is 8.26. The molecule has 24 heavy (non-hydrogen) atoms. The lowest BCUT2D eigenvalue weighted by atomic mass is 9.85. The number of benzene rings is 1. The molecule has 0 saturated heterocycles. The quantitative estimate of drug-likeness (QED) is 0.887. The lowest BCUT2D eigenvalue weighted by molar-refractivity contribution is -0.126. The van der Waals surface area contributed by atoms with Gasteiger partial charge in [0.2, 0.25) is 5.91 Å². The number of rotatable bonds is 4. The summed E-state index contributed by atoms with van der Waals surface area (Å²) in [4.78, 5) is 16.3. The minimum absolute atomic E-state index is 0. The first-order chi connectivity index (χ1) is 11.1. The standard InChI is InChI=1S/C17H23N5O.ClH/c1-12(21-17(23)14-3-2-4-15(18)9-14)13-5-7-16(8-6-13)22-11-19-10-20-22;/h5-8,10-12,14-15H,2-4,9,18H2,1H3,(H,21,23);1H. The number of carbonyl (C=O) groups is 1. The van der Waals surface area contributed by atoms with E-state index in [0.29, 0.717) is 0 Å². The summed E-state index contributed by atoms with van der Waals surface area (Å²) in [5.74, 6) is 0.170. The van der Waals surface area contributed by atoms with Crippen molar-refractivity contribution >= 4 is 18.3 Å². The molecule has 6 nitrogen and oxygen atoms in total. The summed E-state index contributed by atoms with van der Waals surface area (Å²) in [6.07, 6.45) is 6.97. The van der Waals surface area contributed by atoms with Crippen LogP contribution in [0.1, 0.15) is 44.2 Å². The molecule has 1 heterocycles. The SMILES string of the molecule is CC(NC(=O)C1CCCC(N)C1)c1ccc(-n2cncn2)cc1.Cl. The van der Waals surface area contributed by atoms with Gasteiger partial charge in [-0.2, -0.15) is 5.10 Å². The number of hydrogen-bond donors (Lipinski definition) is 2. The van der Waals surface area contributed by atoms with E-state index in [4.69, 9.17) is 5.73 Å². The first kappa shape index (κ1) is 18.4. The normalized spacial score (nSPS) is 21.6. The molecule has 1 aliphatic carbocycles. The third kappa shape index (κ3) is 4.33. The highest BCUT2D eigenvalue weighted by molar-refractivity contribution is 5.85. The number of hydrogen-bond acceptors (Lipinski definition) is 4. The Morgan fingerprint density at radius 2 is 2.08 bits per heavy atom. The Bertz CT molecular complexity index is 644. The van der Waals surface area contributed by atoms with Crippen LogP contribution in [0.25, 0.3) is 5.69 Å². The summed E-state index contributed by atoms with van der Waals surface area (Å²) >= 11 is 0. The molecule has 1 saturated carbocycles. The van der Waals surface area contributed by atoms with Crippen molar-refractivity contribution in [1.82, 2.24) is 20.1 Å². The third-order valence-electron chi connectivity index (χ3n) is 4.52. The zero-order chi connectivity index (χ0) is 16.2. The topological polar surface area (TPSA) is 85.8 Å². The van der Waals surface area contributed by atoms with Gasteiger partial charge < -0.3 is 11.1 Å². The van der Waals surface area contributed by atoms with Gasteiger partial charge in [-0.05, 0) is 43.9 Å². The van der Waals surface area contributed by atoms with Gasteiger partial charge in [0.05, 0.1) is 11.7 Å². The van der Waals surface area contributed by atoms with Crippen LogP contribution in [-0.2, 0) is 4.79 Å². The summed E-state index contributed by atoms with van der Waals surface area (Å²) in [7, 11) is 0. The maximum Gasteiger partial charge on any atom is 0.223 e. The largest absolute Gasteiger partial charge is 0.349 e. The molecule has 2 aromatic rings. The Hall–Kier alpha value is -1.92. The molecule has 0 radical (unpaired) electrons. The van der Waals surface area contributed by atoms with E-state index in [-0.39, 0.29) is 36.3 Å². The highest BCUT2D eigenvalue weighted by Gasteiger charge is 2.26. The molecule has 1 aromatic heterocycles. The Morgan fingerprint density at radius 1 is 1.33 bits per heavy atom. The van der Waals surface area contributed by atoms with E-state index < -0.39 is 0 Å². The summed E-state index contributed by atoms with van der Waals surface area (Å²) in [5.41, 5.74) is 7.99. The lowest BCUT2D eigenvalue weighted by Crippen LogP contribution is -2.38. The number of nitrogens with two attached hydrogens (primary N) is 1. The fourth-order valence-corrected chi connectivity index (χ4v) is 3.14. The van der Waals surface area contributed by atoms with E-state index >= 15 is 0 Å². The number of halogens is 1. The van der Waals surface area contributed by atoms with Crippen LogP contribution >= 0.6 is 12.4 Å². The van der Waals surface area contributed by atoms with E-state index in [1.807, 2.05) is 31.2 Å². The maximum absolute atomic E-state index is 12.4. The fraction of sp³-hybridized carbons (Fsp3) is 0.471. The molecule has 1 fully saturated rings. The van der Waals surface area contributed by atoms with E-state index in [0.717, 1.165) is 36.9 Å². The molecule has 0 bridgehead atoms. The van der Waals surface area contributed by atoms with Gasteiger partial charge in [-0.15, -0.1) is 12.4 Å². The Labute approximate surface area is 148 Å². The van der Waals surface area contributed by atoms with Crippen molar-refractivity contribution in [3.8, 4) is 5.69 Å². The van der Waals surface area contributed by atoms with Crippen molar-refractivity contribution in [2.45, 2.75) is 44.7 Å². The zero-order valence-corrected chi connectivity index (χ0v) is 14.6. The van der Waals surface area contributed by atoms with Crippen LogP contribution < -0.4 is 11.1 Å². The van der Waals surface area contributed by atoms with Crippen molar-refractivity contribution < 1.29 is 4.79 Å². The van der Waals surface area contributed by atoms with Crippen LogP contribution in [0.3, 0.4) is 0 Å². The van der Waals surface area contributed by atoms with Crippen LogP contribution in [0.5, 0.6) is 0 Å². The first-order valence-corrected chi connectivity index (χ1v) is 8.14. The smallest absolute Gasteiger partial charge is 0.223 e.